The molecule has 1 N–H and O–H groups in total. The number of hydrogen-bond acceptors (Lipinski definition) is 3. The van der Waals surface area contributed by atoms with E-state index in [0.717, 1.165) is 5.56 Å². The molecule has 0 fully saturated rings. The van der Waals surface area contributed by atoms with Gasteiger partial charge in [-0.25, -0.2) is 0 Å². The monoisotopic (exact) mass is 354 g/mol. The Hall–Kier alpha value is -2.70. The van der Waals surface area contributed by atoms with E-state index in [-0.39, 0.29) is 18.1 Å². The molecular weight excluding hydrogens is 337 g/mol. The Morgan fingerprint density at radius 3 is 2.24 bits per heavy atom. The van der Waals surface area contributed by atoms with Gasteiger partial charge in [-0.05, 0) is 30.2 Å². The van der Waals surface area contributed by atoms with Gasteiger partial charge in [0.2, 0.25) is 0 Å². The third-order valence-corrected chi connectivity index (χ3v) is 3.42. The molecule has 134 valence electrons. The first-order chi connectivity index (χ1) is 11.7. The first kappa shape index (κ1) is 18.6. The highest BCUT2D eigenvalue weighted by Gasteiger charge is 2.28. The number of halogens is 3. The number of benzene rings is 2. The van der Waals surface area contributed by atoms with Gasteiger partial charge in [-0.3, -0.25) is 4.79 Å². The summed E-state index contributed by atoms with van der Waals surface area (Å²) >= 11 is 0. The second-order valence-corrected chi connectivity index (χ2v) is 5.48. The molecule has 4 nitrogen and oxygen atoms in total. The van der Waals surface area contributed by atoms with Gasteiger partial charge in [-0.2, -0.15) is 13.2 Å². The fourth-order valence-electron chi connectivity index (χ4n) is 2.06. The molecule has 0 aromatic heterocycles. The van der Waals surface area contributed by atoms with E-state index >= 15 is 0 Å². The molecule has 2 aromatic rings. The maximum Gasteiger partial charge on any atom is 0.422 e. The molecule has 0 aliphatic carbocycles. The average molecular weight is 354 g/mol. The number of rotatable bonds is 7. The van der Waals surface area contributed by atoms with Crippen molar-refractivity contribution in [1.29, 1.82) is 0 Å². The van der Waals surface area contributed by atoms with Crippen LogP contribution in [0.4, 0.5) is 13.2 Å². The second-order valence-electron chi connectivity index (χ2n) is 5.48. The summed E-state index contributed by atoms with van der Waals surface area (Å²) in [6.07, 6.45) is -4.49. The summed E-state index contributed by atoms with van der Waals surface area (Å²) in [5, 5.41) is 9.12. The molecule has 0 saturated heterocycles. The molecule has 0 aliphatic rings. The van der Waals surface area contributed by atoms with Gasteiger partial charge < -0.3 is 14.6 Å². The summed E-state index contributed by atoms with van der Waals surface area (Å²) in [6.45, 7) is 0.173. The topological polar surface area (TPSA) is 55.8 Å². The van der Waals surface area contributed by atoms with E-state index < -0.39 is 24.7 Å². The maximum absolute atomic E-state index is 12.3. The van der Waals surface area contributed by atoms with Gasteiger partial charge in [0.05, 0.1) is 5.92 Å². The molecule has 0 amide bonds. The van der Waals surface area contributed by atoms with Gasteiger partial charge in [0.15, 0.2) is 6.61 Å². The highest BCUT2D eigenvalue weighted by Crippen LogP contribution is 2.29. The summed E-state index contributed by atoms with van der Waals surface area (Å²) in [5.74, 6) is -1.85. The third kappa shape index (κ3) is 6.02. The van der Waals surface area contributed by atoms with Gasteiger partial charge in [-0.15, -0.1) is 0 Å². The summed E-state index contributed by atoms with van der Waals surface area (Å²) in [4.78, 5) is 11.2. The van der Waals surface area contributed by atoms with Crippen molar-refractivity contribution in [2.24, 2.45) is 0 Å². The van der Waals surface area contributed by atoms with Gasteiger partial charge in [0.1, 0.15) is 18.1 Å². The van der Waals surface area contributed by atoms with Crippen molar-refractivity contribution < 1.29 is 32.5 Å². The number of ether oxygens (including phenoxy) is 2. The molecule has 1 atom stereocenters. The maximum atomic E-state index is 12.3. The largest absolute Gasteiger partial charge is 0.489 e. The van der Waals surface area contributed by atoms with E-state index in [2.05, 4.69) is 0 Å². The number of hydrogen-bond donors (Lipinski definition) is 1. The lowest BCUT2D eigenvalue weighted by atomic mass is 10.0. The van der Waals surface area contributed by atoms with Crippen molar-refractivity contribution in [2.45, 2.75) is 25.6 Å². The molecule has 2 rings (SSSR count). The number of carbonyl (C=O) groups is 1. The van der Waals surface area contributed by atoms with Crippen LogP contribution in [-0.2, 0) is 11.4 Å². The Morgan fingerprint density at radius 1 is 1.08 bits per heavy atom. The molecule has 0 radical (unpaired) electrons. The summed E-state index contributed by atoms with van der Waals surface area (Å²) in [5.41, 5.74) is 1.17. The normalized spacial score (nSPS) is 12.5. The van der Waals surface area contributed by atoms with E-state index in [4.69, 9.17) is 14.6 Å². The van der Waals surface area contributed by atoms with Crippen LogP contribution in [0.1, 0.15) is 24.0 Å². The lowest BCUT2D eigenvalue weighted by Gasteiger charge is -2.15. The third-order valence-electron chi connectivity index (χ3n) is 3.42. The van der Waals surface area contributed by atoms with Crippen molar-refractivity contribution in [1.82, 2.24) is 0 Å². The van der Waals surface area contributed by atoms with Gasteiger partial charge in [0.25, 0.3) is 0 Å². The molecule has 25 heavy (non-hydrogen) atoms. The molecule has 0 aliphatic heterocycles. The highest BCUT2D eigenvalue weighted by atomic mass is 19.4. The van der Waals surface area contributed by atoms with Crippen molar-refractivity contribution in [3.63, 3.8) is 0 Å². The minimum atomic E-state index is -4.49. The number of carboxylic acids is 1. The van der Waals surface area contributed by atoms with Crippen LogP contribution in [0.2, 0.25) is 0 Å². The molecule has 1 unspecified atom stereocenters. The Labute approximate surface area is 142 Å². The van der Waals surface area contributed by atoms with Gasteiger partial charge in [0, 0.05) is 6.07 Å². The first-order valence-corrected chi connectivity index (χ1v) is 7.48. The van der Waals surface area contributed by atoms with Crippen LogP contribution >= 0.6 is 0 Å². The fourth-order valence-corrected chi connectivity index (χ4v) is 2.06. The number of aliphatic carboxylic acids is 1. The molecule has 0 saturated carbocycles. The zero-order valence-electron chi connectivity index (χ0n) is 13.4. The average Bonchev–Trinajstić information content (AvgIpc) is 2.57. The Morgan fingerprint density at radius 2 is 1.68 bits per heavy atom. The molecular formula is C18H17F3O4. The van der Waals surface area contributed by atoms with Gasteiger partial charge in [-0.1, -0.05) is 30.3 Å². The molecule has 2 aromatic carbocycles. The Balaban J connectivity index is 2.21. The summed E-state index contributed by atoms with van der Waals surface area (Å²) in [6, 6.07) is 13.3. The Bertz CT molecular complexity index is 714. The zero-order chi connectivity index (χ0) is 18.4. The first-order valence-electron chi connectivity index (χ1n) is 7.48. The minimum Gasteiger partial charge on any atom is -0.489 e. The van der Waals surface area contributed by atoms with Crippen LogP contribution in [0.3, 0.4) is 0 Å². The smallest absolute Gasteiger partial charge is 0.422 e. The standard InChI is InChI=1S/C18H17F3O4/c1-12(17(22)23)14-7-15(24-10-13-5-3-2-4-6-13)9-16(8-14)25-11-18(19,20)21/h2-9,12H,10-11H2,1H3,(H,22,23). The number of alkyl halides is 3. The minimum absolute atomic E-state index is 0.0917. The fraction of sp³-hybridized carbons (Fsp3) is 0.278. The molecule has 0 heterocycles. The molecule has 0 spiro atoms. The van der Waals surface area contributed by atoms with Crippen LogP contribution in [0, 0.1) is 0 Å². The SMILES string of the molecule is CC(C(=O)O)c1cc(OCc2ccccc2)cc(OCC(F)(F)F)c1. The lowest BCUT2D eigenvalue weighted by Crippen LogP contribution is -2.19. The second kappa shape index (κ2) is 7.92. The van der Waals surface area contributed by atoms with Crippen molar-refractivity contribution in [2.75, 3.05) is 6.61 Å². The lowest BCUT2D eigenvalue weighted by molar-refractivity contribution is -0.153. The van der Waals surface area contributed by atoms with Crippen LogP contribution < -0.4 is 9.47 Å². The highest BCUT2D eigenvalue weighted by molar-refractivity contribution is 5.76. The Kier molecular flexibility index (Phi) is 5.90. The quantitative estimate of drug-likeness (QED) is 0.801. The van der Waals surface area contributed by atoms with Crippen LogP contribution in [-0.4, -0.2) is 23.9 Å². The van der Waals surface area contributed by atoms with Crippen LogP contribution in [0.5, 0.6) is 11.5 Å². The van der Waals surface area contributed by atoms with Crippen molar-refractivity contribution in [3.05, 3.63) is 59.7 Å². The van der Waals surface area contributed by atoms with Crippen LogP contribution in [0.25, 0.3) is 0 Å². The van der Waals surface area contributed by atoms with Crippen molar-refractivity contribution in [3.8, 4) is 11.5 Å². The van der Waals surface area contributed by atoms with Gasteiger partial charge >= 0.3 is 12.1 Å². The van der Waals surface area contributed by atoms with Crippen molar-refractivity contribution >= 4 is 5.97 Å². The molecule has 7 heteroatoms. The van der Waals surface area contributed by atoms with Crippen LogP contribution in [0.15, 0.2) is 48.5 Å². The van der Waals surface area contributed by atoms with E-state index in [1.807, 2.05) is 30.3 Å². The van der Waals surface area contributed by atoms with E-state index in [0.29, 0.717) is 5.56 Å². The van der Waals surface area contributed by atoms with E-state index in [9.17, 15) is 18.0 Å². The van der Waals surface area contributed by atoms with E-state index in [1.165, 1.54) is 25.1 Å². The predicted octanol–water partition coefficient (Wildman–Crippen LogP) is 4.39. The zero-order valence-corrected chi connectivity index (χ0v) is 13.4. The summed E-state index contributed by atoms with van der Waals surface area (Å²) < 4.78 is 47.4. The predicted molar refractivity (Wildman–Crippen MR) is 84.8 cm³/mol. The summed E-state index contributed by atoms with van der Waals surface area (Å²) in [7, 11) is 0. The molecule has 0 bridgehead atoms. The van der Waals surface area contributed by atoms with E-state index in [1.54, 1.807) is 0 Å². The number of carboxylic acid groups (broad SMARTS) is 1.